The van der Waals surface area contributed by atoms with Gasteiger partial charge in [-0.1, -0.05) is 25.1 Å². The predicted molar refractivity (Wildman–Crippen MR) is 102 cm³/mol. The molecule has 0 heterocycles. The van der Waals surface area contributed by atoms with Crippen LogP contribution in [0.15, 0.2) is 48.6 Å². The van der Waals surface area contributed by atoms with Crippen molar-refractivity contribution in [3.63, 3.8) is 0 Å². The summed E-state index contributed by atoms with van der Waals surface area (Å²) in [5.41, 5.74) is 2.38. The minimum absolute atomic E-state index is 0.00324. The van der Waals surface area contributed by atoms with Crippen LogP contribution in [0.5, 0.6) is 0 Å². The van der Waals surface area contributed by atoms with Crippen LogP contribution >= 0.6 is 0 Å². The highest BCUT2D eigenvalue weighted by Crippen LogP contribution is 2.43. The van der Waals surface area contributed by atoms with E-state index in [9.17, 15) is 18.4 Å². The molecule has 0 spiro atoms. The normalized spacial score (nSPS) is 26.3. The Kier molecular flexibility index (Phi) is 5.54. The van der Waals surface area contributed by atoms with Crippen molar-refractivity contribution in [3.05, 3.63) is 65.3 Å². The van der Waals surface area contributed by atoms with Gasteiger partial charge in [0.2, 0.25) is 0 Å². The third-order valence-corrected chi connectivity index (χ3v) is 5.79. The topological polar surface area (TPSA) is 34.1 Å². The smallest absolute Gasteiger partial charge is 0.159 e. The first-order chi connectivity index (χ1) is 12.8. The molecule has 2 saturated carbocycles. The molecule has 2 fully saturated rings. The van der Waals surface area contributed by atoms with Gasteiger partial charge in [-0.2, -0.15) is 0 Å². The molecule has 2 atom stereocenters. The van der Waals surface area contributed by atoms with Crippen molar-refractivity contribution >= 4 is 17.1 Å². The number of hydrogen-bond acceptors (Lipinski definition) is 2. The summed E-state index contributed by atoms with van der Waals surface area (Å²) in [4.78, 5) is 25.8. The lowest BCUT2D eigenvalue weighted by Crippen LogP contribution is -2.42. The third-order valence-electron chi connectivity index (χ3n) is 5.79. The average molecular weight is 370 g/mol. The summed E-state index contributed by atoms with van der Waals surface area (Å²) in [7, 11) is 0. The molecular formula is C23H24F2O2. The zero-order valence-electron chi connectivity index (χ0n) is 15.7. The van der Waals surface area contributed by atoms with Crippen molar-refractivity contribution in [2.75, 3.05) is 0 Å². The molecule has 27 heavy (non-hydrogen) atoms. The van der Waals surface area contributed by atoms with Crippen LogP contribution in [-0.4, -0.2) is 11.6 Å². The number of halogens is 2. The van der Waals surface area contributed by atoms with E-state index in [1.54, 1.807) is 18.2 Å². The molecule has 2 aliphatic rings. The van der Waals surface area contributed by atoms with Crippen LogP contribution in [0, 0.1) is 18.8 Å². The number of hydrogen-bond donors (Lipinski definition) is 0. The van der Waals surface area contributed by atoms with E-state index in [2.05, 4.69) is 6.58 Å². The number of aryl methyl sites for hydroxylation is 1. The molecule has 0 radical (unpaired) electrons. The quantitative estimate of drug-likeness (QED) is 0.497. The number of rotatable bonds is 4. The fraction of sp³-hybridized carbons (Fsp3) is 0.391. The lowest BCUT2D eigenvalue weighted by atomic mass is 9.64. The molecule has 2 nitrogen and oxygen atoms in total. The van der Waals surface area contributed by atoms with Crippen LogP contribution in [0.25, 0.3) is 5.57 Å². The number of ketones is 2. The van der Waals surface area contributed by atoms with Gasteiger partial charge in [0.05, 0.1) is 0 Å². The van der Waals surface area contributed by atoms with Gasteiger partial charge in [-0.05, 0) is 73.6 Å². The van der Waals surface area contributed by atoms with Crippen molar-refractivity contribution < 1.29 is 18.4 Å². The van der Waals surface area contributed by atoms with Crippen LogP contribution in [0.1, 0.15) is 55.2 Å². The Labute approximate surface area is 158 Å². The first-order valence-electron chi connectivity index (χ1n) is 9.40. The Morgan fingerprint density at radius 3 is 2.33 bits per heavy atom. The van der Waals surface area contributed by atoms with E-state index in [0.29, 0.717) is 23.1 Å². The first kappa shape index (κ1) is 19.4. The Morgan fingerprint density at radius 2 is 1.74 bits per heavy atom. The predicted octanol–water partition coefficient (Wildman–Crippen LogP) is 5.78. The maximum absolute atomic E-state index is 13.8. The van der Waals surface area contributed by atoms with Crippen LogP contribution in [0.2, 0.25) is 0 Å². The maximum Gasteiger partial charge on any atom is 0.159 e. The zero-order valence-corrected chi connectivity index (χ0v) is 15.7. The van der Waals surface area contributed by atoms with E-state index in [1.807, 2.05) is 6.92 Å². The molecule has 142 valence electrons. The molecule has 4 heteroatoms. The molecule has 2 unspecified atom stereocenters. The number of fused-ring (bicyclic) bond motifs is 2. The van der Waals surface area contributed by atoms with Crippen LogP contribution < -0.4 is 0 Å². The van der Waals surface area contributed by atoms with Gasteiger partial charge in [0.25, 0.3) is 0 Å². The zero-order chi connectivity index (χ0) is 19.7. The maximum atomic E-state index is 13.8. The summed E-state index contributed by atoms with van der Waals surface area (Å²) >= 11 is 0. The largest absolute Gasteiger partial charge is 0.298 e. The molecule has 1 aromatic rings. The third kappa shape index (κ3) is 3.71. The summed E-state index contributed by atoms with van der Waals surface area (Å²) in [6.45, 7) is 7.09. The van der Waals surface area contributed by atoms with Gasteiger partial charge < -0.3 is 0 Å². The number of carbonyl (C=O) groups excluding carboxylic acids is 2. The molecule has 0 aromatic heterocycles. The van der Waals surface area contributed by atoms with Crippen LogP contribution in [0.3, 0.4) is 0 Å². The molecule has 2 bridgehead atoms. The summed E-state index contributed by atoms with van der Waals surface area (Å²) in [5, 5.41) is 0. The van der Waals surface area contributed by atoms with E-state index < -0.39 is 17.6 Å². The van der Waals surface area contributed by atoms with Gasteiger partial charge in [0.1, 0.15) is 5.92 Å². The second-order valence-electron chi connectivity index (χ2n) is 7.52. The van der Waals surface area contributed by atoms with Crippen molar-refractivity contribution in [2.45, 2.75) is 45.4 Å². The van der Waals surface area contributed by atoms with Crippen molar-refractivity contribution in [2.24, 2.45) is 11.8 Å². The second kappa shape index (κ2) is 7.71. The van der Waals surface area contributed by atoms with E-state index in [0.717, 1.165) is 37.0 Å². The number of allylic oxidation sites excluding steroid dienone is 5. The van der Waals surface area contributed by atoms with E-state index in [-0.39, 0.29) is 23.4 Å². The van der Waals surface area contributed by atoms with Crippen molar-refractivity contribution in [1.82, 2.24) is 0 Å². The molecule has 0 saturated heterocycles. The molecule has 0 N–H and O–H groups in total. The lowest BCUT2D eigenvalue weighted by molar-refractivity contribution is -0.140. The van der Waals surface area contributed by atoms with Gasteiger partial charge in [-0.25, -0.2) is 8.78 Å². The molecule has 0 aliphatic heterocycles. The summed E-state index contributed by atoms with van der Waals surface area (Å²) in [6.07, 6.45) is 5.37. The highest BCUT2D eigenvalue weighted by molar-refractivity contribution is 6.11. The highest BCUT2D eigenvalue weighted by Gasteiger charge is 2.45. The average Bonchev–Trinajstić information content (AvgIpc) is 2.67. The van der Waals surface area contributed by atoms with Gasteiger partial charge >= 0.3 is 0 Å². The second-order valence-corrected chi connectivity index (χ2v) is 7.52. The fourth-order valence-electron chi connectivity index (χ4n) is 4.22. The lowest BCUT2D eigenvalue weighted by Gasteiger charge is -2.37. The summed E-state index contributed by atoms with van der Waals surface area (Å²) < 4.78 is 27.2. The molecule has 2 aliphatic carbocycles. The van der Waals surface area contributed by atoms with E-state index in [1.165, 1.54) is 6.92 Å². The van der Waals surface area contributed by atoms with Crippen LogP contribution in [0.4, 0.5) is 8.78 Å². The summed E-state index contributed by atoms with van der Waals surface area (Å²) in [6, 6.07) is 5.28. The molecule has 0 amide bonds. The fourth-order valence-corrected chi connectivity index (χ4v) is 4.22. The standard InChI is InChI=1S/C23H24F2O2/c1-4-19(24)20(25)10-14(3)15-9-8-13(2)18(12-15)21-22(26)16-6-5-7-17(11-16)23(21)27/h4,8-10,12,16-17,21H,3,5-7,11H2,1-2H3/b19-4?,20-10+. The number of Topliss-reactive ketones (excluding diaryl/α,β-unsaturated/α-hetero) is 2. The van der Waals surface area contributed by atoms with E-state index in [4.69, 9.17) is 0 Å². The Morgan fingerprint density at radius 1 is 1.11 bits per heavy atom. The Bertz CT molecular complexity index is 841. The molecular weight excluding hydrogens is 346 g/mol. The highest BCUT2D eigenvalue weighted by atomic mass is 19.2. The SMILES string of the molecule is C=C(/C=C(/F)C(F)=CC)c1ccc(C)c(C2C(=O)C3CCCC(C3)C2=O)c1. The van der Waals surface area contributed by atoms with Gasteiger partial charge in [0.15, 0.2) is 23.2 Å². The van der Waals surface area contributed by atoms with E-state index >= 15 is 0 Å². The van der Waals surface area contributed by atoms with Crippen molar-refractivity contribution in [1.29, 1.82) is 0 Å². The minimum atomic E-state index is -0.996. The monoisotopic (exact) mass is 370 g/mol. The molecule has 3 rings (SSSR count). The summed E-state index contributed by atoms with van der Waals surface area (Å²) in [5.74, 6) is -2.77. The van der Waals surface area contributed by atoms with Gasteiger partial charge in [-0.15, -0.1) is 0 Å². The minimum Gasteiger partial charge on any atom is -0.298 e. The Hall–Kier alpha value is -2.36. The van der Waals surface area contributed by atoms with Gasteiger partial charge in [0, 0.05) is 11.8 Å². The first-order valence-corrected chi connectivity index (χ1v) is 9.40. The number of benzene rings is 1. The van der Waals surface area contributed by atoms with Crippen LogP contribution in [-0.2, 0) is 9.59 Å². The number of carbonyl (C=O) groups is 2. The molecule has 1 aromatic carbocycles. The Balaban J connectivity index is 1.97. The van der Waals surface area contributed by atoms with Gasteiger partial charge in [-0.3, -0.25) is 9.59 Å². The van der Waals surface area contributed by atoms with Crippen molar-refractivity contribution in [3.8, 4) is 0 Å².